The van der Waals surface area contributed by atoms with Crippen molar-refractivity contribution in [3.8, 4) is 0 Å². The first-order valence-electron chi connectivity index (χ1n) is 7.87. The molecule has 2 bridgehead atoms. The van der Waals surface area contributed by atoms with Gasteiger partial charge in [-0.25, -0.2) is 0 Å². The summed E-state index contributed by atoms with van der Waals surface area (Å²) in [5.74, 6) is -0.145. The first-order chi connectivity index (χ1) is 10.4. The van der Waals surface area contributed by atoms with E-state index in [2.05, 4.69) is 5.32 Å². The normalized spacial score (nSPS) is 28.4. The number of Topliss-reactive ketones (excluding diaryl/α,β-unsaturated/α-hetero) is 1. The number of carbonyl (C=O) groups is 1. The van der Waals surface area contributed by atoms with Crippen LogP contribution in [0.3, 0.4) is 0 Å². The van der Waals surface area contributed by atoms with E-state index in [4.69, 9.17) is 0 Å². The zero-order chi connectivity index (χ0) is 15.7. The number of nitrogens with one attached hydrogen (secondary N) is 1. The van der Waals surface area contributed by atoms with Crippen molar-refractivity contribution in [3.63, 3.8) is 0 Å². The number of halogens is 3. The van der Waals surface area contributed by atoms with Gasteiger partial charge in [0.15, 0.2) is 0 Å². The van der Waals surface area contributed by atoms with Crippen molar-refractivity contribution in [3.05, 3.63) is 35.4 Å². The van der Waals surface area contributed by atoms with Gasteiger partial charge in [-0.1, -0.05) is 24.6 Å². The summed E-state index contributed by atoms with van der Waals surface area (Å²) in [5, 5.41) is 3.50. The van der Waals surface area contributed by atoms with E-state index >= 15 is 0 Å². The van der Waals surface area contributed by atoms with Crippen LogP contribution in [0.15, 0.2) is 24.3 Å². The molecule has 5 heteroatoms. The van der Waals surface area contributed by atoms with Crippen LogP contribution < -0.4 is 5.32 Å². The molecule has 120 valence electrons. The molecule has 1 N–H and O–H groups in total. The summed E-state index contributed by atoms with van der Waals surface area (Å²) < 4.78 is 39.0. The Kier molecular flexibility index (Phi) is 4.26. The Bertz CT molecular complexity index is 543. The Balaban J connectivity index is 1.72. The van der Waals surface area contributed by atoms with E-state index < -0.39 is 11.7 Å². The Labute approximate surface area is 128 Å². The predicted octanol–water partition coefficient (Wildman–Crippen LogP) is 3.74. The number of fused-ring (bicyclic) bond motifs is 2. The quantitative estimate of drug-likeness (QED) is 0.921. The minimum absolute atomic E-state index is 0.0462. The minimum Gasteiger partial charge on any atom is -0.311 e. The molecule has 2 fully saturated rings. The SMILES string of the molecule is O=C(Cc1ccccc1C(F)(F)F)C1CC2CCCC(C1)N2. The van der Waals surface area contributed by atoms with Gasteiger partial charge in [-0.3, -0.25) is 4.79 Å². The summed E-state index contributed by atoms with van der Waals surface area (Å²) in [4.78, 5) is 12.5. The van der Waals surface area contributed by atoms with Crippen LogP contribution in [0, 0.1) is 5.92 Å². The van der Waals surface area contributed by atoms with E-state index in [1.807, 2.05) is 0 Å². The van der Waals surface area contributed by atoms with Crippen molar-refractivity contribution in [2.45, 2.75) is 56.8 Å². The molecule has 0 spiro atoms. The molecular formula is C17H20F3NO. The van der Waals surface area contributed by atoms with Gasteiger partial charge >= 0.3 is 6.18 Å². The summed E-state index contributed by atoms with van der Waals surface area (Å²) in [5.41, 5.74) is -0.582. The molecule has 0 saturated carbocycles. The van der Waals surface area contributed by atoms with Crippen LogP contribution in [0.25, 0.3) is 0 Å². The van der Waals surface area contributed by atoms with Crippen molar-refractivity contribution in [1.29, 1.82) is 0 Å². The molecule has 2 nitrogen and oxygen atoms in total. The van der Waals surface area contributed by atoms with E-state index in [9.17, 15) is 18.0 Å². The molecule has 2 heterocycles. The number of hydrogen-bond donors (Lipinski definition) is 1. The highest BCUT2D eigenvalue weighted by atomic mass is 19.4. The third-order valence-corrected chi connectivity index (χ3v) is 4.86. The van der Waals surface area contributed by atoms with Gasteiger partial charge in [0.1, 0.15) is 5.78 Å². The lowest BCUT2D eigenvalue weighted by atomic mass is 9.77. The maximum atomic E-state index is 13.0. The highest BCUT2D eigenvalue weighted by molar-refractivity contribution is 5.83. The molecule has 0 radical (unpaired) electrons. The van der Waals surface area contributed by atoms with E-state index in [0.717, 1.165) is 31.7 Å². The number of alkyl halides is 3. The number of piperidine rings is 2. The van der Waals surface area contributed by atoms with E-state index in [0.29, 0.717) is 12.1 Å². The molecule has 2 saturated heterocycles. The molecule has 2 unspecified atom stereocenters. The molecular weight excluding hydrogens is 291 g/mol. The van der Waals surface area contributed by atoms with Gasteiger partial charge in [0, 0.05) is 24.4 Å². The number of rotatable bonds is 3. The lowest BCUT2D eigenvalue weighted by Gasteiger charge is -2.39. The predicted molar refractivity (Wildman–Crippen MR) is 77.4 cm³/mol. The molecule has 1 aromatic rings. The highest BCUT2D eigenvalue weighted by Gasteiger charge is 2.36. The average Bonchev–Trinajstić information content (AvgIpc) is 2.46. The van der Waals surface area contributed by atoms with Gasteiger partial charge in [0.05, 0.1) is 5.56 Å². The van der Waals surface area contributed by atoms with Crippen molar-refractivity contribution in [2.24, 2.45) is 5.92 Å². The molecule has 0 amide bonds. The number of carbonyl (C=O) groups excluding carboxylic acids is 1. The summed E-state index contributed by atoms with van der Waals surface area (Å²) in [6.45, 7) is 0. The summed E-state index contributed by atoms with van der Waals surface area (Å²) in [6, 6.07) is 6.13. The van der Waals surface area contributed by atoms with Crippen molar-refractivity contribution >= 4 is 5.78 Å². The Morgan fingerprint density at radius 1 is 1.14 bits per heavy atom. The zero-order valence-corrected chi connectivity index (χ0v) is 12.3. The fourth-order valence-electron chi connectivity index (χ4n) is 3.81. The molecule has 0 aliphatic carbocycles. The highest BCUT2D eigenvalue weighted by Crippen LogP contribution is 2.34. The topological polar surface area (TPSA) is 29.1 Å². The van der Waals surface area contributed by atoms with Gasteiger partial charge in [0.25, 0.3) is 0 Å². The second kappa shape index (κ2) is 6.03. The Hall–Kier alpha value is -1.36. The van der Waals surface area contributed by atoms with Crippen LogP contribution in [0.1, 0.15) is 43.2 Å². The second-order valence-electron chi connectivity index (χ2n) is 6.46. The Morgan fingerprint density at radius 3 is 2.41 bits per heavy atom. The smallest absolute Gasteiger partial charge is 0.311 e. The maximum Gasteiger partial charge on any atom is 0.416 e. The standard InChI is InChI=1S/C17H20F3NO/c18-17(19,20)15-7-2-1-4-11(15)10-16(22)12-8-13-5-3-6-14(9-12)21-13/h1-2,4,7,12-14,21H,3,5-6,8-10H2. The lowest BCUT2D eigenvalue weighted by Crippen LogP contribution is -2.50. The second-order valence-corrected chi connectivity index (χ2v) is 6.46. The van der Waals surface area contributed by atoms with Crippen LogP contribution in [0.4, 0.5) is 13.2 Å². The monoisotopic (exact) mass is 311 g/mol. The van der Waals surface area contributed by atoms with Crippen molar-refractivity contribution in [1.82, 2.24) is 5.32 Å². The molecule has 1 aromatic carbocycles. The molecule has 2 atom stereocenters. The minimum atomic E-state index is -4.40. The molecule has 0 aromatic heterocycles. The molecule has 3 rings (SSSR count). The summed E-state index contributed by atoms with van der Waals surface area (Å²) in [6.07, 6.45) is 0.341. The third kappa shape index (κ3) is 3.35. The number of ketones is 1. The molecule has 22 heavy (non-hydrogen) atoms. The number of benzene rings is 1. The summed E-state index contributed by atoms with van der Waals surface area (Å²) >= 11 is 0. The van der Waals surface area contributed by atoms with Crippen molar-refractivity contribution in [2.75, 3.05) is 0 Å². The third-order valence-electron chi connectivity index (χ3n) is 4.86. The van der Waals surface area contributed by atoms with Crippen LogP contribution in [-0.2, 0) is 17.4 Å². The van der Waals surface area contributed by atoms with E-state index in [1.54, 1.807) is 6.07 Å². The fourth-order valence-corrected chi connectivity index (χ4v) is 3.81. The largest absolute Gasteiger partial charge is 0.416 e. The van der Waals surface area contributed by atoms with Crippen LogP contribution >= 0.6 is 0 Å². The van der Waals surface area contributed by atoms with Gasteiger partial charge in [-0.05, 0) is 37.3 Å². The van der Waals surface area contributed by atoms with Crippen molar-refractivity contribution < 1.29 is 18.0 Å². The van der Waals surface area contributed by atoms with E-state index in [-0.39, 0.29) is 23.7 Å². The zero-order valence-electron chi connectivity index (χ0n) is 12.3. The van der Waals surface area contributed by atoms with Gasteiger partial charge in [0.2, 0.25) is 0 Å². The van der Waals surface area contributed by atoms with Crippen LogP contribution in [0.2, 0.25) is 0 Å². The average molecular weight is 311 g/mol. The van der Waals surface area contributed by atoms with Crippen LogP contribution in [0.5, 0.6) is 0 Å². The van der Waals surface area contributed by atoms with E-state index in [1.165, 1.54) is 18.6 Å². The first-order valence-corrected chi connectivity index (χ1v) is 7.87. The van der Waals surface area contributed by atoms with Gasteiger partial charge in [-0.15, -0.1) is 0 Å². The molecule has 2 aliphatic rings. The lowest BCUT2D eigenvalue weighted by molar-refractivity contribution is -0.138. The number of hydrogen-bond acceptors (Lipinski definition) is 2. The maximum absolute atomic E-state index is 13.0. The fraction of sp³-hybridized carbons (Fsp3) is 0.588. The molecule has 2 aliphatic heterocycles. The van der Waals surface area contributed by atoms with Crippen LogP contribution in [-0.4, -0.2) is 17.9 Å². The first kappa shape index (κ1) is 15.5. The van der Waals surface area contributed by atoms with Gasteiger partial charge in [-0.2, -0.15) is 13.2 Å². The Morgan fingerprint density at radius 2 is 1.77 bits per heavy atom. The summed E-state index contributed by atoms with van der Waals surface area (Å²) in [7, 11) is 0. The van der Waals surface area contributed by atoms with Gasteiger partial charge < -0.3 is 5.32 Å².